The molecule has 2 unspecified atom stereocenters. The van der Waals surface area contributed by atoms with Gasteiger partial charge in [0.2, 0.25) is 0 Å². The third-order valence-corrected chi connectivity index (χ3v) is 10.5. The first-order valence-electron chi connectivity index (χ1n) is 15.7. The number of rotatable bonds is 6. The maximum atomic E-state index is 6.58. The number of nitrogens with one attached hydrogen (secondary N) is 1. The molecule has 3 aromatic rings. The fourth-order valence-corrected chi connectivity index (χ4v) is 8.45. The molecule has 40 heavy (non-hydrogen) atoms. The highest BCUT2D eigenvalue weighted by atomic mass is 16.5. The van der Waals surface area contributed by atoms with Gasteiger partial charge in [-0.2, -0.15) is 9.97 Å². The first-order chi connectivity index (χ1) is 19.7. The summed E-state index contributed by atoms with van der Waals surface area (Å²) in [7, 11) is 0. The third kappa shape index (κ3) is 4.14. The normalized spacial score (nSPS) is 25.2. The first-order valence-corrected chi connectivity index (χ1v) is 15.7. The van der Waals surface area contributed by atoms with Crippen LogP contribution in [0.15, 0.2) is 42.5 Å². The largest absolute Gasteiger partial charge is 0.461 e. The molecule has 2 aromatic carbocycles. The highest BCUT2D eigenvalue weighted by Crippen LogP contribution is 2.40. The summed E-state index contributed by atoms with van der Waals surface area (Å²) in [4.78, 5) is 15.5. The summed E-state index contributed by atoms with van der Waals surface area (Å²) >= 11 is 0. The number of hydrogen-bond donors (Lipinski definition) is 1. The SMILES string of the molecule is CCc1cccc2cccc(N3CCc4c(nc(OCC56CCCN5CCC6)nc4C4=CC5CCC(C4)N5)C3)c12. The Balaban J connectivity index is 1.16. The van der Waals surface area contributed by atoms with Gasteiger partial charge in [-0.3, -0.25) is 4.90 Å². The Morgan fingerprint density at radius 3 is 2.70 bits per heavy atom. The van der Waals surface area contributed by atoms with Gasteiger partial charge in [0.25, 0.3) is 0 Å². The molecule has 6 heteroatoms. The van der Waals surface area contributed by atoms with Gasteiger partial charge in [0, 0.05) is 35.3 Å². The van der Waals surface area contributed by atoms with E-state index in [4.69, 9.17) is 14.7 Å². The molecular weight excluding hydrogens is 494 g/mol. The fraction of sp³-hybridized carbons (Fsp3) is 0.529. The van der Waals surface area contributed by atoms with Crippen LogP contribution in [0.1, 0.15) is 74.4 Å². The number of ether oxygens (including phenoxy) is 1. The van der Waals surface area contributed by atoms with Crippen molar-refractivity contribution in [1.29, 1.82) is 0 Å². The van der Waals surface area contributed by atoms with Crippen LogP contribution in [-0.4, -0.2) is 58.7 Å². The molecule has 208 valence electrons. The van der Waals surface area contributed by atoms with Crippen molar-refractivity contribution < 1.29 is 4.74 Å². The molecule has 5 aliphatic rings. The number of aryl methyl sites for hydroxylation is 1. The van der Waals surface area contributed by atoms with E-state index in [2.05, 4.69) is 64.5 Å². The van der Waals surface area contributed by atoms with Gasteiger partial charge in [-0.15, -0.1) is 0 Å². The summed E-state index contributed by atoms with van der Waals surface area (Å²) in [6, 6.07) is 15.1. The minimum atomic E-state index is 0.193. The summed E-state index contributed by atoms with van der Waals surface area (Å²) < 4.78 is 6.58. The minimum absolute atomic E-state index is 0.193. The van der Waals surface area contributed by atoms with Crippen LogP contribution in [0.4, 0.5) is 5.69 Å². The quantitative estimate of drug-likeness (QED) is 0.439. The van der Waals surface area contributed by atoms with E-state index in [0.717, 1.165) is 43.7 Å². The van der Waals surface area contributed by atoms with Crippen molar-refractivity contribution in [2.45, 2.75) is 88.9 Å². The Labute approximate surface area is 237 Å². The van der Waals surface area contributed by atoms with E-state index in [1.54, 1.807) is 0 Å². The topological polar surface area (TPSA) is 53.5 Å². The summed E-state index contributed by atoms with van der Waals surface area (Å²) in [5.41, 5.74) is 8.00. The number of anilines is 1. The highest BCUT2D eigenvalue weighted by Gasteiger charge is 2.45. The van der Waals surface area contributed by atoms with E-state index < -0.39 is 0 Å². The van der Waals surface area contributed by atoms with E-state index in [9.17, 15) is 0 Å². The van der Waals surface area contributed by atoms with Gasteiger partial charge in [-0.05, 0) is 93.5 Å². The van der Waals surface area contributed by atoms with Gasteiger partial charge < -0.3 is 15.0 Å². The monoisotopic (exact) mass is 535 g/mol. The smallest absolute Gasteiger partial charge is 0.317 e. The van der Waals surface area contributed by atoms with Crippen molar-refractivity contribution >= 4 is 22.0 Å². The van der Waals surface area contributed by atoms with Crippen molar-refractivity contribution in [2.24, 2.45) is 0 Å². The van der Waals surface area contributed by atoms with Crippen LogP contribution >= 0.6 is 0 Å². The van der Waals surface area contributed by atoms with Crippen molar-refractivity contribution in [3.05, 3.63) is 65.0 Å². The van der Waals surface area contributed by atoms with Gasteiger partial charge in [0.05, 0.1) is 23.5 Å². The minimum Gasteiger partial charge on any atom is -0.461 e. The van der Waals surface area contributed by atoms with E-state index in [1.807, 2.05) is 0 Å². The van der Waals surface area contributed by atoms with Crippen molar-refractivity contribution in [3.8, 4) is 6.01 Å². The molecule has 5 aliphatic heterocycles. The highest BCUT2D eigenvalue weighted by molar-refractivity contribution is 5.97. The Hall–Kier alpha value is -2.96. The lowest BCUT2D eigenvalue weighted by molar-refractivity contribution is 0.107. The molecule has 3 fully saturated rings. The second-order valence-corrected chi connectivity index (χ2v) is 12.7. The maximum Gasteiger partial charge on any atom is 0.317 e. The second-order valence-electron chi connectivity index (χ2n) is 12.7. The lowest BCUT2D eigenvalue weighted by Crippen LogP contribution is -2.43. The van der Waals surface area contributed by atoms with E-state index in [-0.39, 0.29) is 5.54 Å². The first kappa shape index (κ1) is 24.8. The number of aromatic nitrogens is 2. The van der Waals surface area contributed by atoms with Crippen LogP contribution in [0.25, 0.3) is 16.3 Å². The standard InChI is InChI=1S/C34H41N5O/c1-2-23-7-3-8-24-9-4-10-30(31(23)24)38-18-13-28-29(21-38)36-33(40-22-34-14-5-16-39(34)17-6-15-34)37-32(28)25-19-26-11-12-27(20-25)35-26/h3-4,7-10,19,26-27,35H,2,5-6,11-18,20-22H2,1H3. The predicted octanol–water partition coefficient (Wildman–Crippen LogP) is 5.67. The molecule has 0 amide bonds. The van der Waals surface area contributed by atoms with Crippen LogP contribution in [0.3, 0.4) is 0 Å². The lowest BCUT2D eigenvalue weighted by atomic mass is 9.92. The number of nitrogens with zero attached hydrogens (tertiary/aromatic N) is 4. The summed E-state index contributed by atoms with van der Waals surface area (Å²) in [6.07, 6.45) is 13.0. The Kier molecular flexibility index (Phi) is 6.11. The molecule has 0 aliphatic carbocycles. The number of fused-ring (bicyclic) bond motifs is 5. The van der Waals surface area contributed by atoms with Gasteiger partial charge in [-0.1, -0.05) is 43.3 Å². The molecular formula is C34H41N5O. The number of benzene rings is 2. The zero-order valence-electron chi connectivity index (χ0n) is 23.8. The van der Waals surface area contributed by atoms with Gasteiger partial charge in [0.1, 0.15) is 6.61 Å². The molecule has 0 radical (unpaired) electrons. The Bertz CT molecular complexity index is 1470. The average Bonchev–Trinajstić information content (AvgIpc) is 3.68. The van der Waals surface area contributed by atoms with E-state index in [1.165, 1.54) is 84.8 Å². The van der Waals surface area contributed by atoms with Crippen LogP contribution in [0.2, 0.25) is 0 Å². The third-order valence-electron chi connectivity index (χ3n) is 10.5. The van der Waals surface area contributed by atoms with Crippen molar-refractivity contribution in [3.63, 3.8) is 0 Å². The molecule has 1 N–H and O–H groups in total. The van der Waals surface area contributed by atoms with Crippen LogP contribution in [-0.2, 0) is 19.4 Å². The molecule has 2 bridgehead atoms. The Morgan fingerprint density at radius 1 is 1.02 bits per heavy atom. The summed E-state index contributed by atoms with van der Waals surface area (Å²) in [5, 5.41) is 6.47. The summed E-state index contributed by atoms with van der Waals surface area (Å²) in [6.45, 7) is 7.18. The number of hydrogen-bond acceptors (Lipinski definition) is 6. The molecule has 0 spiro atoms. The molecule has 3 saturated heterocycles. The van der Waals surface area contributed by atoms with Crippen molar-refractivity contribution in [2.75, 3.05) is 31.1 Å². The van der Waals surface area contributed by atoms with Crippen LogP contribution < -0.4 is 15.0 Å². The fourth-order valence-electron chi connectivity index (χ4n) is 8.45. The van der Waals surface area contributed by atoms with Gasteiger partial charge in [-0.25, -0.2) is 0 Å². The van der Waals surface area contributed by atoms with Crippen LogP contribution in [0, 0.1) is 0 Å². The van der Waals surface area contributed by atoms with Crippen molar-refractivity contribution in [1.82, 2.24) is 20.2 Å². The molecule has 6 heterocycles. The summed E-state index contributed by atoms with van der Waals surface area (Å²) in [5.74, 6) is 0. The average molecular weight is 536 g/mol. The zero-order chi connectivity index (χ0) is 26.7. The van der Waals surface area contributed by atoms with E-state index >= 15 is 0 Å². The van der Waals surface area contributed by atoms with Gasteiger partial charge >= 0.3 is 6.01 Å². The molecule has 0 saturated carbocycles. The molecule has 2 atom stereocenters. The lowest BCUT2D eigenvalue weighted by Gasteiger charge is -2.34. The second kappa shape index (κ2) is 9.85. The Morgan fingerprint density at radius 2 is 1.88 bits per heavy atom. The van der Waals surface area contributed by atoms with Crippen LogP contribution in [0.5, 0.6) is 6.01 Å². The molecule has 6 nitrogen and oxygen atoms in total. The van der Waals surface area contributed by atoms with Gasteiger partial charge in [0.15, 0.2) is 0 Å². The molecule has 1 aromatic heterocycles. The predicted molar refractivity (Wildman–Crippen MR) is 161 cm³/mol. The zero-order valence-corrected chi connectivity index (χ0v) is 23.8. The van der Waals surface area contributed by atoms with E-state index in [0.29, 0.717) is 24.7 Å². The molecule has 8 rings (SSSR count). The maximum absolute atomic E-state index is 6.58.